The predicted octanol–water partition coefficient (Wildman–Crippen LogP) is 3.53. The van der Waals surface area contributed by atoms with Crippen molar-refractivity contribution < 1.29 is 4.92 Å². The van der Waals surface area contributed by atoms with Crippen LogP contribution >= 0.6 is 11.3 Å². The zero-order chi connectivity index (χ0) is 13.8. The number of rotatable bonds is 5. The largest absolute Gasteiger partial charge is 0.380 e. The summed E-state index contributed by atoms with van der Waals surface area (Å²) in [7, 11) is 0. The van der Waals surface area contributed by atoms with Crippen LogP contribution in [0.3, 0.4) is 0 Å². The Kier molecular flexibility index (Phi) is 4.11. The summed E-state index contributed by atoms with van der Waals surface area (Å²) in [4.78, 5) is 15.8. The van der Waals surface area contributed by atoms with Crippen LogP contribution in [0.4, 0.5) is 11.4 Å². The monoisotopic (exact) mass is 277 g/mol. The second-order valence-corrected chi connectivity index (χ2v) is 5.38. The van der Waals surface area contributed by atoms with E-state index in [2.05, 4.69) is 17.2 Å². The SMILES string of the molecule is CCc1ncc(CNc2cc([N+](=O)[O-])ccc2C)s1. The molecule has 0 unspecified atom stereocenters. The maximum atomic E-state index is 10.8. The number of nitro groups is 1. The van der Waals surface area contributed by atoms with Crippen LogP contribution in [0.25, 0.3) is 0 Å². The van der Waals surface area contributed by atoms with E-state index in [1.165, 1.54) is 6.07 Å². The zero-order valence-corrected chi connectivity index (χ0v) is 11.7. The number of benzene rings is 1. The van der Waals surface area contributed by atoms with Crippen LogP contribution in [0.1, 0.15) is 22.4 Å². The third-order valence-corrected chi connectivity index (χ3v) is 3.93. The molecule has 100 valence electrons. The Hall–Kier alpha value is -1.95. The van der Waals surface area contributed by atoms with Gasteiger partial charge in [-0.05, 0) is 18.9 Å². The number of anilines is 1. The number of aryl methyl sites for hydroxylation is 2. The first kappa shape index (κ1) is 13.5. The quantitative estimate of drug-likeness (QED) is 0.670. The smallest absolute Gasteiger partial charge is 0.271 e. The van der Waals surface area contributed by atoms with Gasteiger partial charge < -0.3 is 5.32 Å². The first-order valence-corrected chi connectivity index (χ1v) is 6.84. The Morgan fingerprint density at radius 2 is 2.26 bits per heavy atom. The van der Waals surface area contributed by atoms with Crippen molar-refractivity contribution in [3.05, 3.63) is 50.0 Å². The second kappa shape index (κ2) is 5.79. The van der Waals surface area contributed by atoms with Crippen molar-refractivity contribution in [1.29, 1.82) is 0 Å². The average Bonchev–Trinajstić information content (AvgIpc) is 2.85. The molecule has 5 nitrogen and oxygen atoms in total. The van der Waals surface area contributed by atoms with E-state index < -0.39 is 0 Å². The lowest BCUT2D eigenvalue weighted by Crippen LogP contribution is -2.00. The van der Waals surface area contributed by atoms with Crippen LogP contribution < -0.4 is 5.32 Å². The van der Waals surface area contributed by atoms with E-state index in [1.54, 1.807) is 23.5 Å². The summed E-state index contributed by atoms with van der Waals surface area (Å²) in [6.45, 7) is 4.64. The molecule has 0 aliphatic heterocycles. The van der Waals surface area contributed by atoms with Crippen LogP contribution in [0.2, 0.25) is 0 Å². The summed E-state index contributed by atoms with van der Waals surface area (Å²) < 4.78 is 0. The van der Waals surface area contributed by atoms with E-state index in [-0.39, 0.29) is 10.6 Å². The molecule has 0 spiro atoms. The van der Waals surface area contributed by atoms with Crippen molar-refractivity contribution >= 4 is 22.7 Å². The molecule has 0 atom stereocenters. The molecule has 1 heterocycles. The fourth-order valence-electron chi connectivity index (χ4n) is 1.69. The summed E-state index contributed by atoms with van der Waals surface area (Å²) in [6, 6.07) is 4.84. The highest BCUT2D eigenvalue weighted by Gasteiger charge is 2.08. The topological polar surface area (TPSA) is 68.1 Å². The lowest BCUT2D eigenvalue weighted by Gasteiger charge is -2.07. The summed E-state index contributed by atoms with van der Waals surface area (Å²) in [6.07, 6.45) is 2.78. The number of non-ortho nitro benzene ring substituents is 1. The van der Waals surface area contributed by atoms with Crippen LogP contribution in [0, 0.1) is 17.0 Å². The Bertz CT molecular complexity index is 595. The minimum atomic E-state index is -0.382. The van der Waals surface area contributed by atoms with Gasteiger partial charge >= 0.3 is 0 Å². The highest BCUT2D eigenvalue weighted by atomic mass is 32.1. The fraction of sp³-hybridized carbons (Fsp3) is 0.308. The molecule has 0 saturated carbocycles. The van der Waals surface area contributed by atoms with Gasteiger partial charge in [-0.25, -0.2) is 4.98 Å². The van der Waals surface area contributed by atoms with Crippen molar-refractivity contribution in [2.24, 2.45) is 0 Å². The van der Waals surface area contributed by atoms with E-state index >= 15 is 0 Å². The van der Waals surface area contributed by atoms with Gasteiger partial charge in [0.1, 0.15) is 0 Å². The maximum absolute atomic E-state index is 10.8. The Morgan fingerprint density at radius 1 is 1.47 bits per heavy atom. The molecule has 0 aliphatic carbocycles. The molecule has 6 heteroatoms. The normalized spacial score (nSPS) is 10.4. The maximum Gasteiger partial charge on any atom is 0.271 e. The Morgan fingerprint density at radius 3 is 2.89 bits per heavy atom. The highest BCUT2D eigenvalue weighted by molar-refractivity contribution is 7.11. The fourth-order valence-corrected chi connectivity index (χ4v) is 2.49. The van der Waals surface area contributed by atoms with Gasteiger partial charge in [0, 0.05) is 28.9 Å². The molecule has 0 saturated heterocycles. The van der Waals surface area contributed by atoms with Crippen LogP contribution in [0.5, 0.6) is 0 Å². The van der Waals surface area contributed by atoms with E-state index in [1.807, 2.05) is 13.1 Å². The lowest BCUT2D eigenvalue weighted by atomic mass is 10.2. The van der Waals surface area contributed by atoms with Crippen molar-refractivity contribution in [1.82, 2.24) is 4.98 Å². The molecule has 1 aromatic heterocycles. The van der Waals surface area contributed by atoms with Gasteiger partial charge in [-0.2, -0.15) is 0 Å². The van der Waals surface area contributed by atoms with Crippen molar-refractivity contribution in [3.8, 4) is 0 Å². The minimum absolute atomic E-state index is 0.103. The Labute approximate surface area is 115 Å². The van der Waals surface area contributed by atoms with Gasteiger partial charge in [-0.15, -0.1) is 11.3 Å². The summed E-state index contributed by atoms with van der Waals surface area (Å²) >= 11 is 1.66. The second-order valence-electron chi connectivity index (χ2n) is 4.18. The van der Waals surface area contributed by atoms with Crippen LogP contribution in [-0.4, -0.2) is 9.91 Å². The zero-order valence-electron chi connectivity index (χ0n) is 10.8. The summed E-state index contributed by atoms with van der Waals surface area (Å²) in [5.41, 5.74) is 1.89. The molecule has 0 fully saturated rings. The average molecular weight is 277 g/mol. The third kappa shape index (κ3) is 3.29. The van der Waals surface area contributed by atoms with Gasteiger partial charge in [-0.3, -0.25) is 10.1 Å². The molecular weight excluding hydrogens is 262 g/mol. The van der Waals surface area contributed by atoms with Crippen molar-refractivity contribution in [3.63, 3.8) is 0 Å². The van der Waals surface area contributed by atoms with E-state index in [0.29, 0.717) is 6.54 Å². The van der Waals surface area contributed by atoms with E-state index in [9.17, 15) is 10.1 Å². The molecule has 1 N–H and O–H groups in total. The van der Waals surface area contributed by atoms with Gasteiger partial charge in [0.15, 0.2) is 0 Å². The Balaban J connectivity index is 2.10. The van der Waals surface area contributed by atoms with Crippen LogP contribution in [0.15, 0.2) is 24.4 Å². The number of hydrogen-bond acceptors (Lipinski definition) is 5. The van der Waals surface area contributed by atoms with Crippen LogP contribution in [-0.2, 0) is 13.0 Å². The van der Waals surface area contributed by atoms with Crippen molar-refractivity contribution in [2.75, 3.05) is 5.32 Å². The van der Waals surface area contributed by atoms with Gasteiger partial charge in [0.05, 0.1) is 16.5 Å². The molecule has 2 rings (SSSR count). The molecule has 0 amide bonds. The molecule has 1 aromatic carbocycles. The molecule has 2 aromatic rings. The standard InChI is InChI=1S/C13H15N3O2S/c1-3-13-15-8-11(19-13)7-14-12-6-10(16(17)18)5-4-9(12)2/h4-6,8,14H,3,7H2,1-2H3. The van der Waals surface area contributed by atoms with E-state index in [4.69, 9.17) is 0 Å². The number of nitrogens with zero attached hydrogens (tertiary/aromatic N) is 2. The third-order valence-electron chi connectivity index (χ3n) is 2.79. The summed E-state index contributed by atoms with van der Waals surface area (Å²) in [5, 5.41) is 15.1. The molecule has 0 aliphatic rings. The molecular formula is C13H15N3O2S. The lowest BCUT2D eigenvalue weighted by molar-refractivity contribution is -0.384. The number of nitrogens with one attached hydrogen (secondary N) is 1. The number of aromatic nitrogens is 1. The number of nitro benzene ring substituents is 1. The molecule has 0 bridgehead atoms. The summed E-state index contributed by atoms with van der Waals surface area (Å²) in [5.74, 6) is 0. The first-order chi connectivity index (χ1) is 9.10. The van der Waals surface area contributed by atoms with Gasteiger partial charge in [0.25, 0.3) is 5.69 Å². The number of thiazole rings is 1. The minimum Gasteiger partial charge on any atom is -0.380 e. The first-order valence-electron chi connectivity index (χ1n) is 6.02. The predicted molar refractivity (Wildman–Crippen MR) is 76.7 cm³/mol. The molecule has 0 radical (unpaired) electrons. The molecule has 19 heavy (non-hydrogen) atoms. The van der Waals surface area contributed by atoms with Crippen molar-refractivity contribution in [2.45, 2.75) is 26.8 Å². The highest BCUT2D eigenvalue weighted by Crippen LogP contribution is 2.23. The van der Waals surface area contributed by atoms with Gasteiger partial charge in [-0.1, -0.05) is 13.0 Å². The van der Waals surface area contributed by atoms with Gasteiger partial charge in [0.2, 0.25) is 0 Å². The number of hydrogen-bond donors (Lipinski definition) is 1. The van der Waals surface area contributed by atoms with E-state index in [0.717, 1.165) is 27.6 Å².